The Bertz CT molecular complexity index is 724. The van der Waals surface area contributed by atoms with Crippen molar-refractivity contribution in [2.24, 2.45) is 22.2 Å². The smallest absolute Gasteiger partial charge is 0.236 e. The van der Waals surface area contributed by atoms with Gasteiger partial charge in [0.25, 0.3) is 0 Å². The third-order valence-corrected chi connectivity index (χ3v) is 4.80. The Hall–Kier alpha value is -2.69. The molecule has 1 fully saturated rings. The van der Waals surface area contributed by atoms with E-state index < -0.39 is 11.9 Å². The van der Waals surface area contributed by atoms with Crippen molar-refractivity contribution in [1.29, 1.82) is 0 Å². The molecule has 0 aliphatic carbocycles. The number of nitrogens with one attached hydrogen (secondary N) is 2. The van der Waals surface area contributed by atoms with Crippen molar-refractivity contribution in [2.45, 2.75) is 19.0 Å². The predicted octanol–water partition coefficient (Wildman–Crippen LogP) is -1.52. The third kappa shape index (κ3) is 7.33. The Labute approximate surface area is 171 Å². The largest absolute Gasteiger partial charge is 0.370 e. The number of aliphatic imine (C=N–C) groups is 1. The Morgan fingerprint density at radius 1 is 1.28 bits per heavy atom. The first kappa shape index (κ1) is 22.6. The lowest BCUT2D eigenvalue weighted by Crippen LogP contribution is -2.59. The fourth-order valence-electron chi connectivity index (χ4n) is 3.26. The Morgan fingerprint density at radius 3 is 2.76 bits per heavy atom. The number of hydrogen-bond donors (Lipinski definition) is 5. The van der Waals surface area contributed by atoms with E-state index in [1.807, 2.05) is 29.2 Å². The number of guanidine groups is 1. The van der Waals surface area contributed by atoms with E-state index in [9.17, 15) is 9.59 Å². The summed E-state index contributed by atoms with van der Waals surface area (Å²) in [7, 11) is 1.62. The summed E-state index contributed by atoms with van der Waals surface area (Å²) < 4.78 is 0. The zero-order valence-corrected chi connectivity index (χ0v) is 16.9. The molecule has 160 valence electrons. The summed E-state index contributed by atoms with van der Waals surface area (Å²) >= 11 is 0. The van der Waals surface area contributed by atoms with Crippen LogP contribution < -0.4 is 27.8 Å². The van der Waals surface area contributed by atoms with Gasteiger partial charge in [0.15, 0.2) is 5.96 Å². The van der Waals surface area contributed by atoms with Gasteiger partial charge in [0.05, 0.1) is 6.54 Å². The van der Waals surface area contributed by atoms with Gasteiger partial charge in [0.1, 0.15) is 6.04 Å². The number of benzene rings is 1. The number of nitrogens with two attached hydrogens (primary N) is 3. The average molecular weight is 405 g/mol. The molecule has 1 aromatic rings. The van der Waals surface area contributed by atoms with E-state index in [2.05, 4.69) is 20.5 Å². The molecule has 1 aliphatic rings. The van der Waals surface area contributed by atoms with Gasteiger partial charge < -0.3 is 27.8 Å². The number of anilines is 1. The van der Waals surface area contributed by atoms with Gasteiger partial charge in [-0.3, -0.25) is 24.4 Å². The third-order valence-electron chi connectivity index (χ3n) is 4.80. The molecule has 1 heterocycles. The molecule has 1 aromatic carbocycles. The Kier molecular flexibility index (Phi) is 8.84. The van der Waals surface area contributed by atoms with Gasteiger partial charge in [-0.15, -0.1) is 0 Å². The van der Waals surface area contributed by atoms with Crippen LogP contribution >= 0.6 is 0 Å². The highest BCUT2D eigenvalue weighted by Crippen LogP contribution is 2.16. The minimum Gasteiger partial charge on any atom is -0.370 e. The minimum atomic E-state index is -0.506. The molecular formula is C19H32N8O2. The average Bonchev–Trinajstić information content (AvgIpc) is 2.69. The quantitative estimate of drug-likeness (QED) is 0.190. The Balaban J connectivity index is 1.94. The van der Waals surface area contributed by atoms with Gasteiger partial charge in [-0.2, -0.15) is 0 Å². The number of primary amides is 1. The van der Waals surface area contributed by atoms with Gasteiger partial charge in [-0.05, 0) is 30.7 Å². The standard InChI is InChI=1S/C19H32N8O2/c1-23-19(22)25-15-5-2-4-14(10-15)11-26-8-9-27(16(12-26)18(21)29)13-17(28)24-7-3-6-20/h2,4-5,10,16H,3,6-9,11-13,20H2,1H3,(H2,21,29)(H,24,28)(H3,22,23,25). The highest BCUT2D eigenvalue weighted by Gasteiger charge is 2.32. The maximum absolute atomic E-state index is 12.1. The number of rotatable bonds is 9. The van der Waals surface area contributed by atoms with Crippen LogP contribution in [0, 0.1) is 0 Å². The molecule has 1 aliphatic heterocycles. The van der Waals surface area contributed by atoms with E-state index in [0.717, 1.165) is 24.2 Å². The highest BCUT2D eigenvalue weighted by atomic mass is 16.2. The van der Waals surface area contributed by atoms with Gasteiger partial charge in [0.2, 0.25) is 11.8 Å². The second-order valence-electron chi connectivity index (χ2n) is 7.05. The highest BCUT2D eigenvalue weighted by molar-refractivity contribution is 5.92. The lowest BCUT2D eigenvalue weighted by molar-refractivity contribution is -0.129. The Morgan fingerprint density at radius 2 is 2.07 bits per heavy atom. The number of nitrogens with zero attached hydrogens (tertiary/aromatic N) is 3. The van der Waals surface area contributed by atoms with E-state index in [-0.39, 0.29) is 12.5 Å². The topological polar surface area (TPSA) is 155 Å². The van der Waals surface area contributed by atoms with E-state index in [1.54, 1.807) is 7.05 Å². The van der Waals surface area contributed by atoms with Crippen molar-refractivity contribution in [3.8, 4) is 0 Å². The molecule has 1 unspecified atom stereocenters. The SMILES string of the molecule is CN=C(N)Nc1cccc(CN2CCN(CC(=O)NCCCN)C(C(N)=O)C2)c1. The van der Waals surface area contributed by atoms with E-state index in [4.69, 9.17) is 17.2 Å². The van der Waals surface area contributed by atoms with Crippen molar-refractivity contribution in [3.63, 3.8) is 0 Å². The van der Waals surface area contributed by atoms with E-state index in [0.29, 0.717) is 38.7 Å². The van der Waals surface area contributed by atoms with Crippen LogP contribution in [0.25, 0.3) is 0 Å². The summed E-state index contributed by atoms with van der Waals surface area (Å²) in [6.07, 6.45) is 0.725. The summed E-state index contributed by atoms with van der Waals surface area (Å²) in [6.45, 7) is 3.68. The molecule has 0 radical (unpaired) electrons. The van der Waals surface area contributed by atoms with Crippen molar-refractivity contribution >= 4 is 23.5 Å². The van der Waals surface area contributed by atoms with Gasteiger partial charge in [-0.1, -0.05) is 12.1 Å². The van der Waals surface area contributed by atoms with E-state index >= 15 is 0 Å². The summed E-state index contributed by atoms with van der Waals surface area (Å²) in [5.74, 6) is -0.201. The maximum atomic E-state index is 12.1. The van der Waals surface area contributed by atoms with Crippen LogP contribution in [-0.4, -0.2) is 79.9 Å². The molecule has 0 aromatic heterocycles. The predicted molar refractivity (Wildman–Crippen MR) is 114 cm³/mol. The first-order valence-electron chi connectivity index (χ1n) is 9.73. The summed E-state index contributed by atoms with van der Waals surface area (Å²) in [4.78, 5) is 32.0. The van der Waals surface area contributed by atoms with Crippen molar-refractivity contribution < 1.29 is 9.59 Å². The summed E-state index contributed by atoms with van der Waals surface area (Å²) in [6, 6.07) is 7.35. The summed E-state index contributed by atoms with van der Waals surface area (Å²) in [5.41, 5.74) is 18.7. The lowest BCUT2D eigenvalue weighted by Gasteiger charge is -2.39. The fraction of sp³-hybridized carbons (Fsp3) is 0.526. The molecule has 1 atom stereocenters. The van der Waals surface area contributed by atoms with Crippen LogP contribution in [-0.2, 0) is 16.1 Å². The molecule has 1 saturated heterocycles. The van der Waals surface area contributed by atoms with Crippen molar-refractivity contribution in [3.05, 3.63) is 29.8 Å². The summed E-state index contributed by atoms with van der Waals surface area (Å²) in [5, 5.41) is 5.84. The monoisotopic (exact) mass is 404 g/mol. The van der Waals surface area contributed by atoms with Crippen LogP contribution in [0.15, 0.2) is 29.3 Å². The number of hydrogen-bond acceptors (Lipinski definition) is 6. The molecule has 0 saturated carbocycles. The molecule has 29 heavy (non-hydrogen) atoms. The molecule has 10 nitrogen and oxygen atoms in total. The molecule has 2 rings (SSSR count). The number of piperazine rings is 1. The zero-order valence-electron chi connectivity index (χ0n) is 16.9. The molecule has 0 spiro atoms. The van der Waals surface area contributed by atoms with Crippen LogP contribution in [0.2, 0.25) is 0 Å². The van der Waals surface area contributed by atoms with Crippen molar-refractivity contribution in [2.75, 3.05) is 51.6 Å². The normalized spacial score (nSPS) is 18.4. The number of carbonyl (C=O) groups excluding carboxylic acids is 2. The molecule has 0 bridgehead atoms. The minimum absolute atomic E-state index is 0.118. The number of amides is 2. The van der Waals surface area contributed by atoms with Crippen LogP contribution in [0.3, 0.4) is 0 Å². The van der Waals surface area contributed by atoms with Gasteiger partial charge in [-0.25, -0.2) is 0 Å². The van der Waals surface area contributed by atoms with E-state index in [1.165, 1.54) is 0 Å². The van der Waals surface area contributed by atoms with Crippen LogP contribution in [0.4, 0.5) is 5.69 Å². The second-order valence-corrected chi connectivity index (χ2v) is 7.05. The van der Waals surface area contributed by atoms with Crippen LogP contribution in [0.5, 0.6) is 0 Å². The first-order valence-corrected chi connectivity index (χ1v) is 9.73. The fourth-order valence-corrected chi connectivity index (χ4v) is 3.26. The molecule has 2 amide bonds. The maximum Gasteiger partial charge on any atom is 0.236 e. The molecule has 10 heteroatoms. The number of carbonyl (C=O) groups is 2. The second kappa shape index (κ2) is 11.3. The van der Waals surface area contributed by atoms with Gasteiger partial charge in [0, 0.05) is 45.5 Å². The van der Waals surface area contributed by atoms with Crippen LogP contribution in [0.1, 0.15) is 12.0 Å². The zero-order chi connectivity index (χ0) is 21.2. The lowest BCUT2D eigenvalue weighted by atomic mass is 10.1. The first-order chi connectivity index (χ1) is 13.9. The van der Waals surface area contributed by atoms with Gasteiger partial charge >= 0.3 is 0 Å². The molecular weight excluding hydrogens is 372 g/mol. The molecule has 8 N–H and O–H groups in total. The van der Waals surface area contributed by atoms with Crippen molar-refractivity contribution in [1.82, 2.24) is 15.1 Å².